The number of benzene rings is 1. The van der Waals surface area contributed by atoms with Crippen molar-refractivity contribution in [2.45, 2.75) is 58.0 Å². The first-order valence-electron chi connectivity index (χ1n) is 10.1. The molecule has 31 heavy (non-hydrogen) atoms. The molecule has 0 spiro atoms. The van der Waals surface area contributed by atoms with Crippen molar-refractivity contribution < 1.29 is 28.9 Å². The molecule has 0 saturated carbocycles. The van der Waals surface area contributed by atoms with Gasteiger partial charge in [-0.15, -0.1) is 0 Å². The summed E-state index contributed by atoms with van der Waals surface area (Å²) in [5.41, 5.74) is 0.209. The van der Waals surface area contributed by atoms with Crippen molar-refractivity contribution in [2.75, 3.05) is 6.54 Å². The molecule has 1 N–H and O–H groups in total. The van der Waals surface area contributed by atoms with E-state index < -0.39 is 35.9 Å². The number of pyridine rings is 1. The normalized spacial score (nSPS) is 20.9. The van der Waals surface area contributed by atoms with Crippen LogP contribution in [0.4, 0.5) is 4.79 Å². The molecule has 0 bridgehead atoms. The van der Waals surface area contributed by atoms with Gasteiger partial charge in [-0.05, 0) is 57.0 Å². The molecule has 2 aromatic rings. The molecule has 1 saturated heterocycles. The molecule has 1 fully saturated rings. The number of ether oxygens (including phenoxy) is 3. The summed E-state index contributed by atoms with van der Waals surface area (Å²) >= 11 is 0. The van der Waals surface area contributed by atoms with E-state index in [2.05, 4.69) is 4.98 Å². The Hall–Kier alpha value is -3.13. The topological polar surface area (TPSA) is 98.2 Å². The number of carbonyl (C=O) groups is 2. The van der Waals surface area contributed by atoms with E-state index in [0.29, 0.717) is 17.9 Å². The predicted octanol–water partition coefficient (Wildman–Crippen LogP) is 3.33. The van der Waals surface area contributed by atoms with Gasteiger partial charge in [0.05, 0.1) is 18.8 Å². The SMILES string of the molecule is CC(=O)O[C@H]1[C@@H](Cc2ccc(Oc3cccnc3)cc2)N(C(=O)OC(C)(C)C)C[C@@H]1O. The molecule has 2 heterocycles. The zero-order valence-electron chi connectivity index (χ0n) is 18.1. The van der Waals surface area contributed by atoms with E-state index >= 15 is 0 Å². The van der Waals surface area contributed by atoms with Gasteiger partial charge in [0, 0.05) is 13.1 Å². The fraction of sp³-hybridized carbons (Fsp3) is 0.435. The van der Waals surface area contributed by atoms with Crippen molar-refractivity contribution in [3.63, 3.8) is 0 Å². The fourth-order valence-electron chi connectivity index (χ4n) is 3.46. The van der Waals surface area contributed by atoms with E-state index in [0.717, 1.165) is 5.56 Å². The van der Waals surface area contributed by atoms with Gasteiger partial charge < -0.3 is 19.3 Å². The quantitative estimate of drug-likeness (QED) is 0.730. The molecule has 0 aliphatic carbocycles. The summed E-state index contributed by atoms with van der Waals surface area (Å²) in [6, 6.07) is 10.4. The van der Waals surface area contributed by atoms with Gasteiger partial charge in [-0.1, -0.05) is 12.1 Å². The third-order valence-electron chi connectivity index (χ3n) is 4.71. The van der Waals surface area contributed by atoms with Crippen molar-refractivity contribution in [3.8, 4) is 11.5 Å². The van der Waals surface area contributed by atoms with Crippen LogP contribution in [0.1, 0.15) is 33.3 Å². The molecule has 1 aromatic carbocycles. The molecule has 0 radical (unpaired) electrons. The Labute approximate surface area is 181 Å². The van der Waals surface area contributed by atoms with Gasteiger partial charge in [-0.25, -0.2) is 4.79 Å². The number of hydrogen-bond donors (Lipinski definition) is 1. The second-order valence-electron chi connectivity index (χ2n) is 8.48. The van der Waals surface area contributed by atoms with Gasteiger partial charge in [-0.3, -0.25) is 14.7 Å². The zero-order valence-corrected chi connectivity index (χ0v) is 18.1. The van der Waals surface area contributed by atoms with E-state index in [-0.39, 0.29) is 6.54 Å². The van der Waals surface area contributed by atoms with Gasteiger partial charge in [-0.2, -0.15) is 0 Å². The molecule has 3 atom stereocenters. The minimum absolute atomic E-state index is 0.0275. The van der Waals surface area contributed by atoms with E-state index in [1.165, 1.54) is 11.8 Å². The summed E-state index contributed by atoms with van der Waals surface area (Å²) in [5, 5.41) is 10.5. The van der Waals surface area contributed by atoms with Crippen molar-refractivity contribution in [2.24, 2.45) is 0 Å². The summed E-state index contributed by atoms with van der Waals surface area (Å²) in [4.78, 5) is 29.7. The molecule has 1 aliphatic rings. The van der Waals surface area contributed by atoms with E-state index in [1.54, 1.807) is 39.2 Å². The number of esters is 1. The Balaban J connectivity index is 1.76. The van der Waals surface area contributed by atoms with Crippen LogP contribution in [0.3, 0.4) is 0 Å². The minimum Gasteiger partial charge on any atom is -0.457 e. The average molecular weight is 428 g/mol. The predicted molar refractivity (Wildman–Crippen MR) is 113 cm³/mol. The third kappa shape index (κ3) is 6.18. The van der Waals surface area contributed by atoms with Crippen molar-refractivity contribution in [3.05, 3.63) is 54.4 Å². The lowest BCUT2D eigenvalue weighted by Gasteiger charge is -2.30. The molecule has 8 heteroatoms. The Morgan fingerprint density at radius 3 is 2.45 bits per heavy atom. The Bertz CT molecular complexity index is 895. The van der Waals surface area contributed by atoms with Crippen LogP contribution in [0.25, 0.3) is 0 Å². The number of β-amino-alcohol motifs (C(OH)–C–C–N with tert-alkyl or cyclic N) is 1. The molecule has 0 unspecified atom stereocenters. The lowest BCUT2D eigenvalue weighted by atomic mass is 10.0. The lowest BCUT2D eigenvalue weighted by molar-refractivity contribution is -0.151. The maximum atomic E-state index is 12.7. The van der Waals surface area contributed by atoms with Gasteiger partial charge >= 0.3 is 12.1 Å². The van der Waals surface area contributed by atoms with Crippen LogP contribution in [-0.2, 0) is 20.7 Å². The number of rotatable bonds is 5. The lowest BCUT2D eigenvalue weighted by Crippen LogP contribution is -2.45. The van der Waals surface area contributed by atoms with Crippen molar-refractivity contribution in [1.29, 1.82) is 0 Å². The summed E-state index contributed by atoms with van der Waals surface area (Å²) < 4.78 is 16.6. The number of likely N-dealkylation sites (tertiary alicyclic amines) is 1. The number of amides is 1. The van der Waals surface area contributed by atoms with Crippen LogP contribution in [-0.4, -0.2) is 57.4 Å². The maximum absolute atomic E-state index is 12.7. The molecule has 1 aromatic heterocycles. The van der Waals surface area contributed by atoms with Crippen LogP contribution < -0.4 is 4.74 Å². The third-order valence-corrected chi connectivity index (χ3v) is 4.71. The van der Waals surface area contributed by atoms with Crippen LogP contribution >= 0.6 is 0 Å². The Kier molecular flexibility index (Phi) is 6.80. The highest BCUT2D eigenvalue weighted by Gasteiger charge is 2.46. The van der Waals surface area contributed by atoms with Crippen molar-refractivity contribution >= 4 is 12.1 Å². The summed E-state index contributed by atoms with van der Waals surface area (Å²) in [6.07, 6.45) is 1.29. The number of carbonyl (C=O) groups excluding carboxylic acids is 2. The first-order valence-corrected chi connectivity index (χ1v) is 10.1. The Morgan fingerprint density at radius 2 is 1.87 bits per heavy atom. The zero-order chi connectivity index (χ0) is 22.6. The molecular formula is C23H28N2O6. The number of nitrogens with zero attached hydrogens (tertiary/aromatic N) is 2. The van der Waals surface area contributed by atoms with Crippen LogP contribution in [0.5, 0.6) is 11.5 Å². The molecule has 1 aliphatic heterocycles. The second-order valence-corrected chi connectivity index (χ2v) is 8.48. The molecule has 8 nitrogen and oxygen atoms in total. The van der Waals surface area contributed by atoms with E-state index in [1.807, 2.05) is 30.3 Å². The molecule has 1 amide bonds. The molecule has 3 rings (SSSR count). The molecule has 166 valence electrons. The van der Waals surface area contributed by atoms with Gasteiger partial charge in [0.15, 0.2) is 0 Å². The number of hydrogen-bond acceptors (Lipinski definition) is 7. The van der Waals surface area contributed by atoms with E-state index in [4.69, 9.17) is 14.2 Å². The van der Waals surface area contributed by atoms with Crippen LogP contribution in [0, 0.1) is 0 Å². The number of aromatic nitrogens is 1. The highest BCUT2D eigenvalue weighted by molar-refractivity contribution is 5.70. The first kappa shape index (κ1) is 22.6. The molecular weight excluding hydrogens is 400 g/mol. The summed E-state index contributed by atoms with van der Waals surface area (Å²) in [5.74, 6) is 0.754. The highest BCUT2D eigenvalue weighted by Crippen LogP contribution is 2.28. The van der Waals surface area contributed by atoms with Crippen LogP contribution in [0.2, 0.25) is 0 Å². The average Bonchev–Trinajstić information content (AvgIpc) is 2.98. The van der Waals surface area contributed by atoms with Gasteiger partial charge in [0.1, 0.15) is 29.3 Å². The maximum Gasteiger partial charge on any atom is 0.410 e. The van der Waals surface area contributed by atoms with Crippen molar-refractivity contribution in [1.82, 2.24) is 9.88 Å². The summed E-state index contributed by atoms with van der Waals surface area (Å²) in [7, 11) is 0. The van der Waals surface area contributed by atoms with Gasteiger partial charge in [0.25, 0.3) is 0 Å². The second kappa shape index (κ2) is 9.34. The number of aliphatic hydroxyl groups excluding tert-OH is 1. The van der Waals surface area contributed by atoms with Crippen LogP contribution in [0.15, 0.2) is 48.8 Å². The minimum atomic E-state index is -0.991. The smallest absolute Gasteiger partial charge is 0.410 e. The largest absolute Gasteiger partial charge is 0.457 e. The summed E-state index contributed by atoms with van der Waals surface area (Å²) in [6.45, 7) is 6.63. The standard InChI is InChI=1S/C23H28N2O6/c1-15(26)29-21-19(25(14-20(21)27)22(28)31-23(2,3)4)12-16-7-9-17(10-8-16)30-18-6-5-11-24-13-18/h5-11,13,19-21,27H,12,14H2,1-4H3/t19-,20+,21+/m1/s1. The monoisotopic (exact) mass is 428 g/mol. The van der Waals surface area contributed by atoms with Gasteiger partial charge in [0.2, 0.25) is 0 Å². The number of aliphatic hydroxyl groups is 1. The van der Waals surface area contributed by atoms with E-state index in [9.17, 15) is 14.7 Å². The highest BCUT2D eigenvalue weighted by atomic mass is 16.6. The fourth-order valence-corrected chi connectivity index (χ4v) is 3.46. The Morgan fingerprint density at radius 1 is 1.16 bits per heavy atom. The first-order chi connectivity index (χ1) is 14.6.